The first-order chi connectivity index (χ1) is 13.9. The van der Waals surface area contributed by atoms with E-state index in [1.165, 1.54) is 12.1 Å². The van der Waals surface area contributed by atoms with Crippen LogP contribution in [0, 0.1) is 0 Å². The molecule has 1 saturated heterocycles. The molecule has 3 aromatic rings. The Morgan fingerprint density at radius 1 is 1.03 bits per heavy atom. The molecule has 152 valence electrons. The number of ether oxygens (including phenoxy) is 2. The van der Waals surface area contributed by atoms with Gasteiger partial charge in [-0.05, 0) is 48.0 Å². The zero-order chi connectivity index (χ0) is 20.4. The highest BCUT2D eigenvalue weighted by molar-refractivity contribution is 5.37. The van der Waals surface area contributed by atoms with E-state index in [1.54, 1.807) is 7.11 Å². The fourth-order valence-electron chi connectivity index (χ4n) is 3.48. The van der Waals surface area contributed by atoms with Gasteiger partial charge in [-0.2, -0.15) is 13.2 Å². The van der Waals surface area contributed by atoms with Crippen molar-refractivity contribution in [1.29, 1.82) is 0 Å². The maximum absolute atomic E-state index is 12.8. The van der Waals surface area contributed by atoms with Crippen molar-refractivity contribution in [2.75, 3.05) is 20.3 Å². The lowest BCUT2D eigenvalue weighted by Crippen LogP contribution is -2.23. The quantitative estimate of drug-likeness (QED) is 0.599. The zero-order valence-electron chi connectivity index (χ0n) is 15.9. The van der Waals surface area contributed by atoms with E-state index in [-0.39, 0.29) is 6.23 Å². The van der Waals surface area contributed by atoms with Crippen LogP contribution in [0.2, 0.25) is 0 Å². The lowest BCUT2D eigenvalue weighted by molar-refractivity contribution is -0.137. The number of rotatable bonds is 5. The van der Waals surface area contributed by atoms with Crippen LogP contribution in [0.4, 0.5) is 13.2 Å². The fourth-order valence-corrected chi connectivity index (χ4v) is 3.48. The number of hydrogen-bond acceptors (Lipinski definition) is 3. The summed E-state index contributed by atoms with van der Waals surface area (Å²) in [5, 5.41) is 0. The van der Waals surface area contributed by atoms with Crippen molar-refractivity contribution in [3.8, 4) is 11.4 Å². The summed E-state index contributed by atoms with van der Waals surface area (Å²) in [5.74, 6) is 0.816. The number of methoxy groups -OCH3 is 1. The third kappa shape index (κ3) is 4.31. The van der Waals surface area contributed by atoms with E-state index in [0.29, 0.717) is 12.3 Å². The number of nitrogens with zero attached hydrogens (tertiary/aromatic N) is 2. The second kappa shape index (κ2) is 7.93. The summed E-state index contributed by atoms with van der Waals surface area (Å²) in [5.41, 5.74) is 2.14. The summed E-state index contributed by atoms with van der Waals surface area (Å²) in [7, 11) is 1.64. The number of aromatic nitrogens is 1. The molecule has 0 spiro atoms. The molecule has 1 aliphatic rings. The van der Waals surface area contributed by atoms with Gasteiger partial charge in [0.25, 0.3) is 0 Å². The van der Waals surface area contributed by atoms with Crippen LogP contribution in [0.25, 0.3) is 5.69 Å². The highest BCUT2D eigenvalue weighted by Gasteiger charge is 2.30. The number of alkyl halides is 3. The molecule has 0 bridgehead atoms. The molecule has 1 aromatic heterocycles. The van der Waals surface area contributed by atoms with Gasteiger partial charge in [0.2, 0.25) is 0 Å². The molecule has 4 nitrogen and oxygen atoms in total. The van der Waals surface area contributed by atoms with Gasteiger partial charge in [0.1, 0.15) is 12.0 Å². The topological polar surface area (TPSA) is 26.6 Å². The fraction of sp³-hybridized carbons (Fsp3) is 0.273. The molecule has 7 heteroatoms. The first kappa shape index (κ1) is 19.5. The van der Waals surface area contributed by atoms with Crippen molar-refractivity contribution in [2.45, 2.75) is 18.9 Å². The third-order valence-electron chi connectivity index (χ3n) is 5.02. The standard InChI is InChI=1S/C22H21F3N2O2/c1-28-20-8-2-16(3-9-20)14-27-12-13-29-21(27)17-10-11-26(15-17)19-6-4-18(5-7-19)22(23,24)25/h2-11,15,21H,12-14H2,1H3. The minimum atomic E-state index is -4.33. The van der Waals surface area contributed by atoms with E-state index in [9.17, 15) is 13.2 Å². The summed E-state index contributed by atoms with van der Waals surface area (Å²) in [6, 6.07) is 15.0. The van der Waals surface area contributed by atoms with Crippen molar-refractivity contribution >= 4 is 0 Å². The molecule has 1 fully saturated rings. The first-order valence-electron chi connectivity index (χ1n) is 9.28. The van der Waals surface area contributed by atoms with Crippen LogP contribution < -0.4 is 4.74 Å². The Labute approximate surface area is 167 Å². The van der Waals surface area contributed by atoms with Crippen LogP contribution in [0.1, 0.15) is 22.9 Å². The van der Waals surface area contributed by atoms with Crippen molar-refractivity contribution in [3.63, 3.8) is 0 Å². The predicted molar refractivity (Wildman–Crippen MR) is 103 cm³/mol. The van der Waals surface area contributed by atoms with Crippen LogP contribution in [0.3, 0.4) is 0 Å². The Morgan fingerprint density at radius 2 is 1.76 bits per heavy atom. The van der Waals surface area contributed by atoms with Gasteiger partial charge in [-0.15, -0.1) is 0 Å². The summed E-state index contributed by atoms with van der Waals surface area (Å²) < 4.78 is 51.2. The molecule has 0 radical (unpaired) electrons. The summed E-state index contributed by atoms with van der Waals surface area (Å²) >= 11 is 0. The van der Waals surface area contributed by atoms with Crippen molar-refractivity contribution in [3.05, 3.63) is 83.7 Å². The Morgan fingerprint density at radius 3 is 2.41 bits per heavy atom. The van der Waals surface area contributed by atoms with Crippen LogP contribution in [0.5, 0.6) is 5.75 Å². The highest BCUT2D eigenvalue weighted by atomic mass is 19.4. The normalized spacial score (nSPS) is 17.6. The van der Waals surface area contributed by atoms with E-state index < -0.39 is 11.7 Å². The van der Waals surface area contributed by atoms with Crippen molar-refractivity contribution in [2.24, 2.45) is 0 Å². The molecule has 0 aliphatic carbocycles. The first-order valence-corrected chi connectivity index (χ1v) is 9.28. The second-order valence-corrected chi connectivity index (χ2v) is 6.94. The third-order valence-corrected chi connectivity index (χ3v) is 5.02. The lowest BCUT2D eigenvalue weighted by atomic mass is 10.2. The monoisotopic (exact) mass is 402 g/mol. The molecule has 0 N–H and O–H groups in total. The molecule has 1 aliphatic heterocycles. The van der Waals surface area contributed by atoms with E-state index >= 15 is 0 Å². The average Bonchev–Trinajstić information content (AvgIpc) is 3.37. The van der Waals surface area contributed by atoms with Crippen LogP contribution in [0.15, 0.2) is 67.0 Å². The largest absolute Gasteiger partial charge is 0.497 e. The van der Waals surface area contributed by atoms with Gasteiger partial charge in [-0.3, -0.25) is 4.90 Å². The Hall–Kier alpha value is -2.77. The number of halogens is 3. The van der Waals surface area contributed by atoms with E-state index in [1.807, 2.05) is 47.3 Å². The van der Waals surface area contributed by atoms with Gasteiger partial charge in [-0.1, -0.05) is 12.1 Å². The molecule has 0 amide bonds. The van der Waals surface area contributed by atoms with Crippen LogP contribution >= 0.6 is 0 Å². The molecular weight excluding hydrogens is 381 g/mol. The molecule has 2 heterocycles. The summed E-state index contributed by atoms with van der Waals surface area (Å²) in [6.07, 6.45) is -0.780. The van der Waals surface area contributed by atoms with Crippen LogP contribution in [-0.4, -0.2) is 29.7 Å². The van der Waals surface area contributed by atoms with Gasteiger partial charge in [-0.25, -0.2) is 0 Å². The van der Waals surface area contributed by atoms with Gasteiger partial charge in [0.05, 0.1) is 19.3 Å². The van der Waals surface area contributed by atoms with Crippen LogP contribution in [-0.2, 0) is 17.5 Å². The Balaban J connectivity index is 1.49. The molecule has 29 heavy (non-hydrogen) atoms. The number of benzene rings is 2. The maximum atomic E-state index is 12.8. The van der Waals surface area contributed by atoms with Gasteiger partial charge in [0.15, 0.2) is 0 Å². The van der Waals surface area contributed by atoms with Gasteiger partial charge < -0.3 is 14.0 Å². The minimum absolute atomic E-state index is 0.187. The summed E-state index contributed by atoms with van der Waals surface area (Å²) in [6.45, 7) is 2.18. The molecule has 1 atom stereocenters. The molecule has 2 aromatic carbocycles. The number of hydrogen-bond donors (Lipinski definition) is 0. The van der Waals surface area contributed by atoms with Gasteiger partial charge >= 0.3 is 6.18 Å². The maximum Gasteiger partial charge on any atom is 0.416 e. The smallest absolute Gasteiger partial charge is 0.416 e. The van der Waals surface area contributed by atoms with E-state index in [2.05, 4.69) is 4.90 Å². The Bertz CT molecular complexity index is 949. The summed E-state index contributed by atoms with van der Waals surface area (Å²) in [4.78, 5) is 2.23. The Kier molecular flexibility index (Phi) is 5.34. The van der Waals surface area contributed by atoms with E-state index in [4.69, 9.17) is 9.47 Å². The van der Waals surface area contributed by atoms with Crippen molar-refractivity contribution < 1.29 is 22.6 Å². The highest BCUT2D eigenvalue weighted by Crippen LogP contribution is 2.31. The second-order valence-electron chi connectivity index (χ2n) is 6.94. The van der Waals surface area contributed by atoms with E-state index in [0.717, 1.165) is 42.1 Å². The predicted octanol–water partition coefficient (Wildman–Crippen LogP) is 5.04. The molecule has 0 saturated carbocycles. The lowest BCUT2D eigenvalue weighted by Gasteiger charge is -2.22. The molecule has 4 rings (SSSR count). The minimum Gasteiger partial charge on any atom is -0.497 e. The molecular formula is C22H21F3N2O2. The van der Waals surface area contributed by atoms with Crippen molar-refractivity contribution in [1.82, 2.24) is 9.47 Å². The van der Waals surface area contributed by atoms with Gasteiger partial charge in [0, 0.05) is 36.7 Å². The molecule has 1 unspecified atom stereocenters. The average molecular weight is 402 g/mol. The SMILES string of the molecule is COc1ccc(CN2CCOC2c2ccn(-c3ccc(C(F)(F)F)cc3)c2)cc1. The zero-order valence-corrected chi connectivity index (χ0v) is 15.9.